The number of piperidine rings is 1. The lowest BCUT2D eigenvalue weighted by Gasteiger charge is -2.34. The highest BCUT2D eigenvalue weighted by atomic mass is 19.1. The summed E-state index contributed by atoms with van der Waals surface area (Å²) in [5.74, 6) is -0.125. The molecule has 1 fully saturated rings. The van der Waals surface area contributed by atoms with Gasteiger partial charge in [-0.2, -0.15) is 0 Å². The van der Waals surface area contributed by atoms with E-state index in [-0.39, 0.29) is 17.1 Å². The lowest BCUT2D eigenvalue weighted by atomic mass is 9.76. The van der Waals surface area contributed by atoms with Crippen LogP contribution in [0.5, 0.6) is 0 Å². The molecular formula is C12H14FNO. The van der Waals surface area contributed by atoms with Crippen molar-refractivity contribution in [2.75, 3.05) is 6.54 Å². The van der Waals surface area contributed by atoms with Gasteiger partial charge in [0, 0.05) is 18.4 Å². The van der Waals surface area contributed by atoms with Crippen molar-refractivity contribution in [3.8, 4) is 0 Å². The predicted molar refractivity (Wildman–Crippen MR) is 56.0 cm³/mol. The molecule has 3 heteroatoms. The fourth-order valence-corrected chi connectivity index (χ4v) is 2.04. The molecule has 2 nitrogen and oxygen atoms in total. The zero-order valence-corrected chi connectivity index (χ0v) is 8.72. The minimum atomic E-state index is -0.265. The molecule has 0 spiro atoms. The SMILES string of the molecule is CC1(c2ccccc2F)CCC(=O)NC1. The molecule has 1 aromatic rings. The van der Waals surface area contributed by atoms with Crippen molar-refractivity contribution < 1.29 is 9.18 Å². The first-order valence-corrected chi connectivity index (χ1v) is 5.13. The van der Waals surface area contributed by atoms with E-state index >= 15 is 0 Å². The molecule has 1 unspecified atom stereocenters. The Kier molecular flexibility index (Phi) is 2.47. The number of rotatable bonds is 1. The van der Waals surface area contributed by atoms with E-state index in [0.29, 0.717) is 24.9 Å². The minimum absolute atomic E-state index is 0.0591. The van der Waals surface area contributed by atoms with Crippen molar-refractivity contribution in [1.82, 2.24) is 5.32 Å². The first kappa shape index (κ1) is 10.1. The summed E-state index contributed by atoms with van der Waals surface area (Å²) in [5, 5.41) is 2.79. The van der Waals surface area contributed by atoms with E-state index < -0.39 is 0 Å². The van der Waals surface area contributed by atoms with Gasteiger partial charge >= 0.3 is 0 Å². The van der Waals surface area contributed by atoms with E-state index in [0.717, 1.165) is 0 Å². The molecule has 1 N–H and O–H groups in total. The third-order valence-corrected chi connectivity index (χ3v) is 3.10. The van der Waals surface area contributed by atoms with Gasteiger partial charge in [-0.15, -0.1) is 0 Å². The normalized spacial score (nSPS) is 26.1. The van der Waals surface area contributed by atoms with Crippen LogP contribution in [0.1, 0.15) is 25.3 Å². The number of carbonyl (C=O) groups is 1. The van der Waals surface area contributed by atoms with Crippen LogP contribution in [0.25, 0.3) is 0 Å². The molecule has 1 amide bonds. The first-order valence-electron chi connectivity index (χ1n) is 5.13. The number of nitrogens with one attached hydrogen (secondary N) is 1. The number of halogens is 1. The second kappa shape index (κ2) is 3.65. The highest BCUT2D eigenvalue weighted by Gasteiger charge is 2.33. The Morgan fingerprint density at radius 2 is 2.13 bits per heavy atom. The Morgan fingerprint density at radius 1 is 1.40 bits per heavy atom. The Balaban J connectivity index is 2.30. The molecular weight excluding hydrogens is 193 g/mol. The van der Waals surface area contributed by atoms with E-state index in [1.165, 1.54) is 6.07 Å². The maximum Gasteiger partial charge on any atom is 0.220 e. The molecule has 80 valence electrons. The molecule has 0 saturated carbocycles. The fourth-order valence-electron chi connectivity index (χ4n) is 2.04. The number of benzene rings is 1. The highest BCUT2D eigenvalue weighted by molar-refractivity contribution is 5.77. The summed E-state index contributed by atoms with van der Waals surface area (Å²) in [5.41, 5.74) is 0.434. The number of hydrogen-bond donors (Lipinski definition) is 1. The summed E-state index contributed by atoms with van der Waals surface area (Å²) in [6, 6.07) is 6.79. The molecule has 1 aromatic carbocycles. The second-order valence-electron chi connectivity index (χ2n) is 4.32. The van der Waals surface area contributed by atoms with Gasteiger partial charge in [-0.05, 0) is 18.1 Å². The van der Waals surface area contributed by atoms with Crippen LogP contribution in [0.4, 0.5) is 4.39 Å². The standard InChI is InChI=1S/C12H14FNO/c1-12(7-6-11(15)14-8-12)9-4-2-3-5-10(9)13/h2-5H,6-8H2,1H3,(H,14,15). The summed E-state index contributed by atoms with van der Waals surface area (Å²) in [4.78, 5) is 11.1. The number of amides is 1. The van der Waals surface area contributed by atoms with E-state index in [1.54, 1.807) is 12.1 Å². The van der Waals surface area contributed by atoms with Crippen LogP contribution < -0.4 is 5.32 Å². The molecule has 2 rings (SSSR count). The Hall–Kier alpha value is -1.38. The van der Waals surface area contributed by atoms with E-state index in [1.807, 2.05) is 13.0 Å². The smallest absolute Gasteiger partial charge is 0.220 e. The van der Waals surface area contributed by atoms with Gasteiger partial charge in [-0.3, -0.25) is 4.79 Å². The van der Waals surface area contributed by atoms with E-state index in [4.69, 9.17) is 0 Å². The molecule has 0 radical (unpaired) electrons. The average Bonchev–Trinajstić information content (AvgIpc) is 2.23. The Bertz CT molecular complexity index is 379. The largest absolute Gasteiger partial charge is 0.355 e. The van der Waals surface area contributed by atoms with Crippen LogP contribution in [0.3, 0.4) is 0 Å². The summed E-state index contributed by atoms with van der Waals surface area (Å²) < 4.78 is 13.6. The average molecular weight is 207 g/mol. The van der Waals surface area contributed by atoms with Crippen LogP contribution in [0.2, 0.25) is 0 Å². The van der Waals surface area contributed by atoms with Gasteiger partial charge in [0.2, 0.25) is 5.91 Å². The lowest BCUT2D eigenvalue weighted by molar-refractivity contribution is -0.123. The molecule has 0 aromatic heterocycles. The van der Waals surface area contributed by atoms with Gasteiger partial charge in [-0.25, -0.2) is 4.39 Å². The fraction of sp³-hybridized carbons (Fsp3) is 0.417. The second-order valence-corrected chi connectivity index (χ2v) is 4.32. The zero-order valence-electron chi connectivity index (χ0n) is 8.72. The van der Waals surface area contributed by atoms with Gasteiger partial charge in [0.15, 0.2) is 0 Å². The molecule has 1 heterocycles. The Labute approximate surface area is 88.5 Å². The van der Waals surface area contributed by atoms with Gasteiger partial charge < -0.3 is 5.32 Å². The van der Waals surface area contributed by atoms with Crippen LogP contribution >= 0.6 is 0 Å². The maximum atomic E-state index is 13.6. The monoisotopic (exact) mass is 207 g/mol. The van der Waals surface area contributed by atoms with Crippen molar-refractivity contribution in [3.05, 3.63) is 35.6 Å². The molecule has 0 bridgehead atoms. The zero-order chi connectivity index (χ0) is 10.9. The number of hydrogen-bond acceptors (Lipinski definition) is 1. The minimum Gasteiger partial charge on any atom is -0.355 e. The van der Waals surface area contributed by atoms with Crippen LogP contribution in [0, 0.1) is 5.82 Å². The summed E-state index contributed by atoms with van der Waals surface area (Å²) in [7, 11) is 0. The van der Waals surface area contributed by atoms with Gasteiger partial charge in [0.1, 0.15) is 5.82 Å². The summed E-state index contributed by atoms with van der Waals surface area (Å²) in [6.07, 6.45) is 1.19. The van der Waals surface area contributed by atoms with E-state index in [9.17, 15) is 9.18 Å². The van der Waals surface area contributed by atoms with Crippen LogP contribution in [-0.2, 0) is 10.2 Å². The maximum absolute atomic E-state index is 13.6. The van der Waals surface area contributed by atoms with E-state index in [2.05, 4.69) is 5.32 Å². The molecule has 15 heavy (non-hydrogen) atoms. The van der Waals surface area contributed by atoms with Gasteiger partial charge in [0.05, 0.1) is 0 Å². The lowest BCUT2D eigenvalue weighted by Crippen LogP contribution is -2.44. The molecule has 1 aliphatic heterocycles. The quantitative estimate of drug-likeness (QED) is 0.749. The third kappa shape index (κ3) is 1.87. The van der Waals surface area contributed by atoms with Crippen molar-refractivity contribution in [3.63, 3.8) is 0 Å². The molecule has 0 aliphatic carbocycles. The molecule has 1 aliphatic rings. The first-order chi connectivity index (χ1) is 7.12. The topological polar surface area (TPSA) is 29.1 Å². The summed E-state index contributed by atoms with van der Waals surface area (Å²) in [6.45, 7) is 2.51. The van der Waals surface area contributed by atoms with Crippen molar-refractivity contribution in [2.45, 2.75) is 25.2 Å². The molecule has 1 saturated heterocycles. The number of carbonyl (C=O) groups excluding carboxylic acids is 1. The van der Waals surface area contributed by atoms with Crippen LogP contribution in [-0.4, -0.2) is 12.5 Å². The third-order valence-electron chi connectivity index (χ3n) is 3.10. The molecule has 1 atom stereocenters. The predicted octanol–water partition coefficient (Wildman–Crippen LogP) is 1.99. The van der Waals surface area contributed by atoms with Crippen molar-refractivity contribution >= 4 is 5.91 Å². The summed E-state index contributed by atoms with van der Waals surface area (Å²) >= 11 is 0. The van der Waals surface area contributed by atoms with Crippen molar-refractivity contribution in [1.29, 1.82) is 0 Å². The van der Waals surface area contributed by atoms with Crippen LogP contribution in [0.15, 0.2) is 24.3 Å². The van der Waals surface area contributed by atoms with Gasteiger partial charge in [-0.1, -0.05) is 25.1 Å². The highest BCUT2D eigenvalue weighted by Crippen LogP contribution is 2.32. The van der Waals surface area contributed by atoms with Crippen molar-refractivity contribution in [2.24, 2.45) is 0 Å². The Morgan fingerprint density at radius 3 is 2.73 bits per heavy atom. The van der Waals surface area contributed by atoms with Gasteiger partial charge in [0.25, 0.3) is 0 Å².